The molecule has 0 bridgehead atoms. The Morgan fingerprint density at radius 1 is 0.963 bits per heavy atom. The summed E-state index contributed by atoms with van der Waals surface area (Å²) in [6.07, 6.45) is 8.37. The third kappa shape index (κ3) is 5.57. The number of carbonyl (C=O) groups is 2. The largest absolute Gasteiger partial charge is 0.453 e. The second-order valence-corrected chi connectivity index (χ2v) is 8.18. The molecule has 154 valence electrons. The van der Waals surface area contributed by atoms with Gasteiger partial charge in [-0.1, -0.05) is 19.3 Å². The SMILES string of the molecule is COC(=O)N1CCN(C(C(=O)NCCN2CCCCC2)C2CCCC2)CC1. The van der Waals surface area contributed by atoms with Crippen molar-refractivity contribution in [3.8, 4) is 0 Å². The molecule has 3 aliphatic rings. The van der Waals surface area contributed by atoms with Crippen molar-refractivity contribution in [3.63, 3.8) is 0 Å². The van der Waals surface area contributed by atoms with Crippen LogP contribution in [0.2, 0.25) is 0 Å². The van der Waals surface area contributed by atoms with Crippen LogP contribution in [0.25, 0.3) is 0 Å². The van der Waals surface area contributed by atoms with Crippen LogP contribution in [0.3, 0.4) is 0 Å². The van der Waals surface area contributed by atoms with E-state index in [-0.39, 0.29) is 18.0 Å². The highest BCUT2D eigenvalue weighted by Crippen LogP contribution is 2.31. The van der Waals surface area contributed by atoms with Crippen molar-refractivity contribution in [3.05, 3.63) is 0 Å². The summed E-state index contributed by atoms with van der Waals surface area (Å²) in [5.74, 6) is 0.634. The van der Waals surface area contributed by atoms with Crippen LogP contribution in [0, 0.1) is 5.92 Å². The lowest BCUT2D eigenvalue weighted by Gasteiger charge is -2.40. The number of carbonyl (C=O) groups excluding carboxylic acids is 2. The van der Waals surface area contributed by atoms with E-state index in [2.05, 4.69) is 15.1 Å². The summed E-state index contributed by atoms with van der Waals surface area (Å²) in [4.78, 5) is 31.3. The lowest BCUT2D eigenvalue weighted by atomic mass is 9.95. The van der Waals surface area contributed by atoms with Crippen molar-refractivity contribution in [1.82, 2.24) is 20.0 Å². The first-order chi connectivity index (χ1) is 13.2. The van der Waals surface area contributed by atoms with Gasteiger partial charge in [0.2, 0.25) is 5.91 Å². The molecule has 0 aromatic carbocycles. The van der Waals surface area contributed by atoms with Gasteiger partial charge in [-0.3, -0.25) is 9.69 Å². The Labute approximate surface area is 163 Å². The molecule has 3 rings (SSSR count). The predicted molar refractivity (Wildman–Crippen MR) is 105 cm³/mol. The molecule has 7 heteroatoms. The van der Waals surface area contributed by atoms with E-state index in [0.29, 0.717) is 19.0 Å². The maximum absolute atomic E-state index is 13.1. The first-order valence-corrected chi connectivity index (χ1v) is 10.8. The third-order valence-corrected chi connectivity index (χ3v) is 6.43. The monoisotopic (exact) mass is 380 g/mol. The Hall–Kier alpha value is -1.34. The lowest BCUT2D eigenvalue weighted by molar-refractivity contribution is -0.129. The Morgan fingerprint density at radius 2 is 1.63 bits per heavy atom. The van der Waals surface area contributed by atoms with Gasteiger partial charge in [-0.25, -0.2) is 4.79 Å². The summed E-state index contributed by atoms with van der Waals surface area (Å²) < 4.78 is 4.83. The topological polar surface area (TPSA) is 65.1 Å². The quantitative estimate of drug-likeness (QED) is 0.757. The van der Waals surface area contributed by atoms with E-state index in [1.54, 1.807) is 4.90 Å². The van der Waals surface area contributed by atoms with Gasteiger partial charge in [0.25, 0.3) is 0 Å². The highest BCUT2D eigenvalue weighted by molar-refractivity contribution is 5.82. The van der Waals surface area contributed by atoms with Gasteiger partial charge in [0, 0.05) is 39.3 Å². The van der Waals surface area contributed by atoms with Crippen molar-refractivity contribution in [2.75, 3.05) is 59.5 Å². The number of nitrogens with one attached hydrogen (secondary N) is 1. The number of piperidine rings is 1. The van der Waals surface area contributed by atoms with E-state index < -0.39 is 0 Å². The number of hydrogen-bond donors (Lipinski definition) is 1. The van der Waals surface area contributed by atoms with Gasteiger partial charge < -0.3 is 19.9 Å². The van der Waals surface area contributed by atoms with Crippen molar-refractivity contribution < 1.29 is 14.3 Å². The molecular weight excluding hydrogens is 344 g/mol. The zero-order chi connectivity index (χ0) is 19.1. The lowest BCUT2D eigenvalue weighted by Crippen LogP contribution is -2.58. The smallest absolute Gasteiger partial charge is 0.409 e. The Balaban J connectivity index is 1.51. The zero-order valence-electron chi connectivity index (χ0n) is 16.8. The molecular formula is C20H36N4O3. The van der Waals surface area contributed by atoms with Crippen molar-refractivity contribution >= 4 is 12.0 Å². The molecule has 0 aromatic heterocycles. The second-order valence-electron chi connectivity index (χ2n) is 8.18. The Kier molecular flexibility index (Phi) is 7.76. The summed E-state index contributed by atoms with van der Waals surface area (Å²) in [7, 11) is 1.42. The average molecular weight is 381 g/mol. The third-order valence-electron chi connectivity index (χ3n) is 6.43. The van der Waals surface area contributed by atoms with Crippen LogP contribution in [0.5, 0.6) is 0 Å². The van der Waals surface area contributed by atoms with E-state index in [9.17, 15) is 9.59 Å². The Morgan fingerprint density at radius 3 is 2.26 bits per heavy atom. The number of nitrogens with zero attached hydrogens (tertiary/aromatic N) is 3. The van der Waals surface area contributed by atoms with Gasteiger partial charge in [-0.15, -0.1) is 0 Å². The van der Waals surface area contributed by atoms with Crippen LogP contribution in [-0.2, 0) is 9.53 Å². The summed E-state index contributed by atoms with van der Waals surface area (Å²) in [6, 6.07) is -0.0475. The number of piperazine rings is 1. The van der Waals surface area contributed by atoms with Crippen LogP contribution in [0.15, 0.2) is 0 Å². The minimum absolute atomic E-state index is 0.0475. The van der Waals surface area contributed by atoms with E-state index in [1.807, 2.05) is 0 Å². The number of likely N-dealkylation sites (tertiary alicyclic amines) is 1. The first kappa shape index (κ1) is 20.4. The van der Waals surface area contributed by atoms with Crippen LogP contribution >= 0.6 is 0 Å². The molecule has 2 amide bonds. The van der Waals surface area contributed by atoms with Crippen molar-refractivity contribution in [2.24, 2.45) is 5.92 Å². The fourth-order valence-corrected chi connectivity index (χ4v) is 4.89. The molecule has 27 heavy (non-hydrogen) atoms. The summed E-state index contributed by atoms with van der Waals surface area (Å²) >= 11 is 0. The van der Waals surface area contributed by atoms with E-state index in [4.69, 9.17) is 4.74 Å². The minimum atomic E-state index is -0.266. The van der Waals surface area contributed by atoms with Gasteiger partial charge >= 0.3 is 6.09 Å². The number of ether oxygens (including phenoxy) is 1. The van der Waals surface area contributed by atoms with Gasteiger partial charge in [-0.2, -0.15) is 0 Å². The molecule has 1 aliphatic carbocycles. The molecule has 1 N–H and O–H groups in total. The number of rotatable bonds is 6. The van der Waals surface area contributed by atoms with Gasteiger partial charge in [0.05, 0.1) is 13.2 Å². The number of hydrogen-bond acceptors (Lipinski definition) is 5. The van der Waals surface area contributed by atoms with Crippen LogP contribution in [-0.4, -0.2) is 92.2 Å². The molecule has 7 nitrogen and oxygen atoms in total. The predicted octanol–water partition coefficient (Wildman–Crippen LogP) is 1.53. The summed E-state index contributed by atoms with van der Waals surface area (Å²) in [6.45, 7) is 6.79. The second kappa shape index (κ2) is 10.3. The molecule has 1 saturated carbocycles. The highest BCUT2D eigenvalue weighted by Gasteiger charge is 2.37. The molecule has 1 atom stereocenters. The van der Waals surface area contributed by atoms with E-state index in [1.165, 1.54) is 39.2 Å². The summed E-state index contributed by atoms with van der Waals surface area (Å²) in [5, 5.41) is 3.22. The number of amides is 2. The maximum atomic E-state index is 13.1. The first-order valence-electron chi connectivity index (χ1n) is 10.8. The van der Waals surface area contributed by atoms with Gasteiger partial charge in [-0.05, 0) is 44.7 Å². The maximum Gasteiger partial charge on any atom is 0.409 e. The fraction of sp³-hybridized carbons (Fsp3) is 0.900. The van der Waals surface area contributed by atoms with Gasteiger partial charge in [0.1, 0.15) is 0 Å². The standard InChI is InChI=1S/C20H36N4O3/c1-27-20(26)24-15-13-23(14-16-24)18(17-7-3-4-8-17)19(25)21-9-12-22-10-5-2-6-11-22/h17-18H,2-16H2,1H3,(H,21,25). The molecule has 0 radical (unpaired) electrons. The zero-order valence-corrected chi connectivity index (χ0v) is 16.8. The van der Waals surface area contributed by atoms with Crippen molar-refractivity contribution in [2.45, 2.75) is 51.0 Å². The van der Waals surface area contributed by atoms with Crippen LogP contribution in [0.4, 0.5) is 4.79 Å². The van der Waals surface area contributed by atoms with Crippen molar-refractivity contribution in [1.29, 1.82) is 0 Å². The van der Waals surface area contributed by atoms with Crippen LogP contribution in [0.1, 0.15) is 44.9 Å². The van der Waals surface area contributed by atoms with E-state index in [0.717, 1.165) is 52.1 Å². The molecule has 1 unspecified atom stereocenters. The molecule has 2 heterocycles. The minimum Gasteiger partial charge on any atom is -0.453 e. The van der Waals surface area contributed by atoms with Gasteiger partial charge in [0.15, 0.2) is 0 Å². The molecule has 2 aliphatic heterocycles. The average Bonchev–Trinajstić information content (AvgIpc) is 3.23. The summed E-state index contributed by atoms with van der Waals surface area (Å²) in [5.41, 5.74) is 0. The molecule has 2 saturated heterocycles. The van der Waals surface area contributed by atoms with E-state index >= 15 is 0 Å². The number of methoxy groups -OCH3 is 1. The highest BCUT2D eigenvalue weighted by atomic mass is 16.5. The fourth-order valence-electron chi connectivity index (χ4n) is 4.89. The molecule has 0 aromatic rings. The van der Waals surface area contributed by atoms with Crippen LogP contribution < -0.4 is 5.32 Å². The molecule has 0 spiro atoms. The Bertz CT molecular complexity index is 482. The normalized spacial score (nSPS) is 24.0. The molecule has 3 fully saturated rings.